The Hall–Kier alpha value is -1.04. The van der Waals surface area contributed by atoms with Gasteiger partial charge in [-0.2, -0.15) is 13.2 Å². The summed E-state index contributed by atoms with van der Waals surface area (Å²) < 4.78 is 54.5. The Morgan fingerprint density at radius 2 is 1.93 bits per heavy atom. The molecule has 0 fully saturated rings. The van der Waals surface area contributed by atoms with Gasteiger partial charge in [-0.05, 0) is 24.6 Å². The van der Waals surface area contributed by atoms with Gasteiger partial charge < -0.3 is 0 Å². The van der Waals surface area contributed by atoms with Gasteiger partial charge in [-0.15, -0.1) is 0 Å². The van der Waals surface area contributed by atoms with Crippen LogP contribution in [0.4, 0.5) is 13.2 Å². The molecule has 0 amide bonds. The summed E-state index contributed by atoms with van der Waals surface area (Å²) in [7, 11) is -4.70. The fourth-order valence-electron chi connectivity index (χ4n) is 0.928. The monoisotopic (exact) mass is 223 g/mol. The van der Waals surface area contributed by atoms with Crippen LogP contribution in [0, 0.1) is 11.7 Å². The molecule has 1 N–H and O–H groups in total. The van der Waals surface area contributed by atoms with E-state index in [1.807, 2.05) is 0 Å². The van der Waals surface area contributed by atoms with Crippen molar-refractivity contribution >= 4 is 9.73 Å². The van der Waals surface area contributed by atoms with Crippen molar-refractivity contribution in [2.45, 2.75) is 17.3 Å². The summed E-state index contributed by atoms with van der Waals surface area (Å²) >= 11 is 0. The van der Waals surface area contributed by atoms with Crippen LogP contribution in [0.15, 0.2) is 29.2 Å². The summed E-state index contributed by atoms with van der Waals surface area (Å²) in [4.78, 5) is -0.495. The normalized spacial score (nSPS) is 16.3. The van der Waals surface area contributed by atoms with Crippen LogP contribution in [0.2, 0.25) is 0 Å². The molecule has 1 aromatic rings. The first-order valence-corrected chi connectivity index (χ1v) is 5.23. The second kappa shape index (κ2) is 3.27. The highest BCUT2D eigenvalue weighted by Gasteiger charge is 2.43. The standard InChI is InChI=1S/C8H8F3NOS/c1-6-3-2-4-7(5-6)14(12,13)8(9,10)11/h2-5,12H,1H3. The highest BCUT2D eigenvalue weighted by atomic mass is 32.2. The summed E-state index contributed by atoms with van der Waals surface area (Å²) in [5.74, 6) is 0. The average molecular weight is 223 g/mol. The largest absolute Gasteiger partial charge is 0.483 e. The maximum absolute atomic E-state index is 12.2. The van der Waals surface area contributed by atoms with Gasteiger partial charge in [0.25, 0.3) is 0 Å². The van der Waals surface area contributed by atoms with E-state index in [4.69, 9.17) is 4.78 Å². The van der Waals surface area contributed by atoms with Gasteiger partial charge in [0.15, 0.2) is 9.73 Å². The number of hydrogen-bond donors (Lipinski definition) is 1. The van der Waals surface area contributed by atoms with Gasteiger partial charge >= 0.3 is 5.51 Å². The Labute approximate surface area is 79.7 Å². The van der Waals surface area contributed by atoms with Crippen LogP contribution in [0.3, 0.4) is 0 Å². The molecule has 78 valence electrons. The second-order valence-corrected chi connectivity index (χ2v) is 4.87. The molecule has 6 heteroatoms. The molecule has 0 saturated heterocycles. The quantitative estimate of drug-likeness (QED) is 0.781. The van der Waals surface area contributed by atoms with E-state index in [9.17, 15) is 17.4 Å². The van der Waals surface area contributed by atoms with Crippen molar-refractivity contribution in [1.82, 2.24) is 0 Å². The molecular formula is C8H8F3NOS. The van der Waals surface area contributed by atoms with Crippen molar-refractivity contribution in [3.8, 4) is 0 Å². The van der Waals surface area contributed by atoms with E-state index in [-0.39, 0.29) is 0 Å². The molecule has 14 heavy (non-hydrogen) atoms. The number of hydrogen-bond acceptors (Lipinski definition) is 2. The first-order chi connectivity index (χ1) is 6.25. The molecule has 0 aliphatic heterocycles. The zero-order valence-electron chi connectivity index (χ0n) is 7.26. The zero-order valence-corrected chi connectivity index (χ0v) is 8.08. The molecular weight excluding hydrogens is 215 g/mol. The van der Waals surface area contributed by atoms with E-state index < -0.39 is 20.1 Å². The summed E-state index contributed by atoms with van der Waals surface area (Å²) in [6.45, 7) is 1.58. The predicted molar refractivity (Wildman–Crippen MR) is 46.4 cm³/mol. The van der Waals surface area contributed by atoms with Crippen LogP contribution in [0.25, 0.3) is 0 Å². The molecule has 1 rings (SSSR count). The summed E-state index contributed by atoms with van der Waals surface area (Å²) in [5, 5.41) is 0. The first kappa shape index (κ1) is 11.0. The Kier molecular flexibility index (Phi) is 2.58. The summed E-state index contributed by atoms with van der Waals surface area (Å²) in [6, 6.07) is 5.10. The molecule has 0 spiro atoms. The maximum Gasteiger partial charge on any atom is 0.483 e. The lowest BCUT2D eigenvalue weighted by Crippen LogP contribution is -2.21. The van der Waals surface area contributed by atoms with E-state index in [1.165, 1.54) is 6.07 Å². The number of alkyl halides is 3. The highest BCUT2D eigenvalue weighted by molar-refractivity contribution is 7.93. The van der Waals surface area contributed by atoms with Crippen molar-refractivity contribution in [3.05, 3.63) is 29.8 Å². The lowest BCUT2D eigenvalue weighted by atomic mass is 10.2. The van der Waals surface area contributed by atoms with Gasteiger partial charge in [0.1, 0.15) is 0 Å². The summed E-state index contributed by atoms with van der Waals surface area (Å²) in [6.07, 6.45) is 0. The third-order valence-electron chi connectivity index (χ3n) is 1.65. The summed E-state index contributed by atoms with van der Waals surface area (Å²) in [5.41, 5.74) is -4.47. The minimum atomic E-state index is -5.01. The fraction of sp³-hybridized carbons (Fsp3) is 0.250. The van der Waals surface area contributed by atoms with Gasteiger partial charge in [0.05, 0.1) is 4.90 Å². The number of nitrogens with one attached hydrogen (secondary N) is 1. The van der Waals surface area contributed by atoms with E-state index >= 15 is 0 Å². The SMILES string of the molecule is Cc1cccc(S(=N)(=O)C(F)(F)F)c1. The van der Waals surface area contributed by atoms with Gasteiger partial charge in [-0.1, -0.05) is 12.1 Å². The predicted octanol–water partition coefficient (Wildman–Crippen LogP) is 2.92. The molecule has 0 radical (unpaired) electrons. The van der Waals surface area contributed by atoms with Gasteiger partial charge in [-0.3, -0.25) is 0 Å². The third kappa shape index (κ3) is 1.89. The molecule has 1 unspecified atom stereocenters. The molecule has 1 atom stereocenters. The minimum Gasteiger partial charge on any atom is -0.241 e. The minimum absolute atomic E-state index is 0.495. The van der Waals surface area contributed by atoms with E-state index in [0.717, 1.165) is 12.1 Å². The van der Waals surface area contributed by atoms with Crippen molar-refractivity contribution < 1.29 is 17.4 Å². The molecule has 0 heterocycles. The van der Waals surface area contributed by atoms with Crippen molar-refractivity contribution in [1.29, 1.82) is 4.78 Å². The Morgan fingerprint density at radius 3 is 2.36 bits per heavy atom. The Balaban J connectivity index is 3.32. The van der Waals surface area contributed by atoms with Crippen LogP contribution < -0.4 is 0 Å². The number of halogens is 3. The molecule has 0 aliphatic rings. The number of aryl methyl sites for hydroxylation is 1. The molecule has 0 bridgehead atoms. The van der Waals surface area contributed by atoms with Crippen LogP contribution >= 0.6 is 0 Å². The van der Waals surface area contributed by atoms with E-state index in [0.29, 0.717) is 5.56 Å². The number of rotatable bonds is 1. The Bertz CT molecular complexity index is 436. The van der Waals surface area contributed by atoms with E-state index in [2.05, 4.69) is 0 Å². The molecule has 0 saturated carbocycles. The molecule has 0 aliphatic carbocycles. The average Bonchev–Trinajstić information content (AvgIpc) is 2.02. The zero-order chi connectivity index (χ0) is 11.0. The van der Waals surface area contributed by atoms with Gasteiger partial charge in [-0.25, -0.2) is 8.99 Å². The molecule has 0 aromatic heterocycles. The van der Waals surface area contributed by atoms with Crippen LogP contribution in [-0.4, -0.2) is 9.72 Å². The smallest absolute Gasteiger partial charge is 0.241 e. The number of benzene rings is 1. The third-order valence-corrected chi connectivity index (χ3v) is 3.22. The Morgan fingerprint density at radius 1 is 1.36 bits per heavy atom. The lowest BCUT2D eigenvalue weighted by molar-refractivity contribution is -0.0406. The second-order valence-electron chi connectivity index (χ2n) is 2.82. The van der Waals surface area contributed by atoms with E-state index in [1.54, 1.807) is 13.0 Å². The first-order valence-electron chi connectivity index (χ1n) is 3.67. The maximum atomic E-state index is 12.2. The van der Waals surface area contributed by atoms with Crippen molar-refractivity contribution in [3.63, 3.8) is 0 Å². The van der Waals surface area contributed by atoms with Crippen molar-refractivity contribution in [2.75, 3.05) is 0 Å². The van der Waals surface area contributed by atoms with Crippen LogP contribution in [-0.2, 0) is 9.73 Å². The highest BCUT2D eigenvalue weighted by Crippen LogP contribution is 2.30. The fourth-order valence-corrected chi connectivity index (χ4v) is 1.82. The van der Waals surface area contributed by atoms with Crippen molar-refractivity contribution in [2.24, 2.45) is 0 Å². The van der Waals surface area contributed by atoms with Gasteiger partial charge in [0.2, 0.25) is 0 Å². The lowest BCUT2D eigenvalue weighted by Gasteiger charge is -2.11. The molecule has 1 aromatic carbocycles. The van der Waals surface area contributed by atoms with Gasteiger partial charge in [0, 0.05) is 0 Å². The molecule has 2 nitrogen and oxygen atoms in total. The topological polar surface area (TPSA) is 40.9 Å². The van der Waals surface area contributed by atoms with Crippen LogP contribution in [0.1, 0.15) is 5.56 Å². The van der Waals surface area contributed by atoms with Crippen LogP contribution in [0.5, 0.6) is 0 Å².